The Morgan fingerprint density at radius 2 is 1.40 bits per heavy atom. The van der Waals surface area contributed by atoms with Gasteiger partial charge < -0.3 is 0 Å². The molecule has 112 valence electrons. The second kappa shape index (κ2) is 4.90. The van der Waals surface area contributed by atoms with Crippen molar-refractivity contribution < 1.29 is 18.0 Å². The maximum atomic E-state index is 12.8. The van der Waals surface area contributed by atoms with Crippen molar-refractivity contribution >= 4 is 5.78 Å². The highest BCUT2D eigenvalue weighted by Gasteiger charge is 2.41. The molecular weight excluding hydrogens is 265 g/mol. The van der Waals surface area contributed by atoms with E-state index in [9.17, 15) is 18.0 Å². The quantitative estimate of drug-likeness (QED) is 0.662. The maximum absolute atomic E-state index is 12.8. The Balaban J connectivity index is 3.55. The molecule has 0 amide bonds. The molecule has 0 radical (unpaired) electrons. The zero-order chi connectivity index (χ0) is 15.9. The van der Waals surface area contributed by atoms with Gasteiger partial charge in [-0.25, -0.2) is 0 Å². The topological polar surface area (TPSA) is 17.1 Å². The van der Waals surface area contributed by atoms with Gasteiger partial charge in [0.15, 0.2) is 0 Å². The van der Waals surface area contributed by atoms with E-state index in [1.807, 2.05) is 20.8 Å². The number of hydrogen-bond acceptors (Lipinski definition) is 1. The Labute approximate surface area is 118 Å². The van der Waals surface area contributed by atoms with Crippen LogP contribution < -0.4 is 0 Å². The van der Waals surface area contributed by atoms with Crippen LogP contribution in [0.1, 0.15) is 63.0 Å². The molecule has 0 spiro atoms. The van der Waals surface area contributed by atoms with E-state index in [4.69, 9.17) is 0 Å². The zero-order valence-electron chi connectivity index (χ0n) is 12.8. The molecule has 0 aliphatic heterocycles. The predicted molar refractivity (Wildman–Crippen MR) is 74.2 cm³/mol. The molecule has 0 saturated carbocycles. The number of benzene rings is 1. The second-order valence-electron chi connectivity index (χ2n) is 7.09. The molecule has 0 saturated heterocycles. The molecule has 1 aromatic rings. The SMILES string of the molecule is CC(C)(C)c1ccc(C(C)(C)C)c(C(=O)C(F)(F)F)c1. The van der Waals surface area contributed by atoms with Crippen molar-refractivity contribution in [2.75, 3.05) is 0 Å². The van der Waals surface area contributed by atoms with E-state index in [-0.39, 0.29) is 11.0 Å². The number of carbonyl (C=O) groups is 1. The molecule has 0 bridgehead atoms. The van der Waals surface area contributed by atoms with Gasteiger partial charge in [-0.1, -0.05) is 53.7 Å². The van der Waals surface area contributed by atoms with Crippen LogP contribution in [0.4, 0.5) is 13.2 Å². The monoisotopic (exact) mass is 286 g/mol. The van der Waals surface area contributed by atoms with E-state index in [1.165, 1.54) is 6.07 Å². The molecule has 0 fully saturated rings. The lowest BCUT2D eigenvalue weighted by atomic mass is 9.78. The van der Waals surface area contributed by atoms with Gasteiger partial charge in [0.05, 0.1) is 0 Å². The number of carbonyl (C=O) groups excluding carboxylic acids is 1. The molecule has 1 aromatic carbocycles. The van der Waals surface area contributed by atoms with Crippen LogP contribution >= 0.6 is 0 Å². The average Bonchev–Trinajstić information content (AvgIpc) is 2.23. The van der Waals surface area contributed by atoms with Crippen LogP contribution in [0, 0.1) is 0 Å². The molecule has 1 rings (SSSR count). The molecular formula is C16H21F3O. The van der Waals surface area contributed by atoms with Crippen molar-refractivity contribution in [3.05, 3.63) is 34.9 Å². The van der Waals surface area contributed by atoms with Gasteiger partial charge in [0.25, 0.3) is 5.78 Å². The molecule has 4 heteroatoms. The Morgan fingerprint density at radius 3 is 1.75 bits per heavy atom. The minimum absolute atomic E-state index is 0.238. The summed E-state index contributed by atoms with van der Waals surface area (Å²) in [6.07, 6.45) is -4.85. The van der Waals surface area contributed by atoms with Crippen molar-refractivity contribution in [1.82, 2.24) is 0 Å². The number of alkyl halides is 3. The minimum Gasteiger partial charge on any atom is -0.284 e. The summed E-state index contributed by atoms with van der Waals surface area (Å²) in [5, 5.41) is 0. The van der Waals surface area contributed by atoms with Crippen molar-refractivity contribution in [2.24, 2.45) is 0 Å². The number of ketones is 1. The number of Topliss-reactive ketones (excluding diaryl/α,β-unsaturated/α-hetero) is 1. The summed E-state index contributed by atoms with van der Waals surface area (Å²) in [5.74, 6) is -1.77. The summed E-state index contributed by atoms with van der Waals surface area (Å²) in [6.45, 7) is 11.1. The second-order valence-corrected chi connectivity index (χ2v) is 7.09. The van der Waals surface area contributed by atoms with Crippen LogP contribution in [0.3, 0.4) is 0 Å². The summed E-state index contributed by atoms with van der Waals surface area (Å²) in [6, 6.07) is 4.82. The van der Waals surface area contributed by atoms with Crippen LogP contribution in [-0.2, 0) is 10.8 Å². The van der Waals surface area contributed by atoms with Crippen LogP contribution in [0.5, 0.6) is 0 Å². The summed E-state index contributed by atoms with van der Waals surface area (Å²) >= 11 is 0. The largest absolute Gasteiger partial charge is 0.454 e. The van der Waals surface area contributed by atoms with Gasteiger partial charge in [-0.15, -0.1) is 0 Å². The van der Waals surface area contributed by atoms with E-state index < -0.39 is 17.4 Å². The molecule has 1 nitrogen and oxygen atoms in total. The fraction of sp³-hybridized carbons (Fsp3) is 0.562. The number of hydrogen-bond donors (Lipinski definition) is 0. The summed E-state index contributed by atoms with van der Waals surface area (Å²) in [5.41, 5.74) is 0.0762. The Morgan fingerprint density at radius 1 is 0.900 bits per heavy atom. The van der Waals surface area contributed by atoms with Gasteiger partial charge in [0, 0.05) is 5.56 Å². The van der Waals surface area contributed by atoms with Gasteiger partial charge in [0.2, 0.25) is 0 Å². The highest BCUT2D eigenvalue weighted by atomic mass is 19.4. The van der Waals surface area contributed by atoms with Gasteiger partial charge >= 0.3 is 6.18 Å². The van der Waals surface area contributed by atoms with Crippen molar-refractivity contribution in [3.8, 4) is 0 Å². The van der Waals surface area contributed by atoms with Gasteiger partial charge in [-0.05, 0) is 28.0 Å². The molecule has 0 aliphatic carbocycles. The normalized spacial score (nSPS) is 13.4. The zero-order valence-corrected chi connectivity index (χ0v) is 12.8. The van der Waals surface area contributed by atoms with E-state index in [2.05, 4.69) is 0 Å². The first kappa shape index (κ1) is 16.7. The van der Waals surface area contributed by atoms with E-state index in [0.717, 1.165) is 5.56 Å². The van der Waals surface area contributed by atoms with Crippen molar-refractivity contribution in [1.29, 1.82) is 0 Å². The first-order valence-corrected chi connectivity index (χ1v) is 6.51. The third kappa shape index (κ3) is 3.62. The lowest BCUT2D eigenvalue weighted by Crippen LogP contribution is -2.28. The first-order chi connectivity index (χ1) is 8.74. The maximum Gasteiger partial charge on any atom is 0.454 e. The lowest BCUT2D eigenvalue weighted by Gasteiger charge is -2.26. The van der Waals surface area contributed by atoms with E-state index in [0.29, 0.717) is 5.56 Å². The predicted octanol–water partition coefficient (Wildman–Crippen LogP) is 5.03. The fourth-order valence-electron chi connectivity index (χ4n) is 2.01. The Bertz CT molecular complexity index is 514. The van der Waals surface area contributed by atoms with E-state index in [1.54, 1.807) is 32.9 Å². The average molecular weight is 286 g/mol. The first-order valence-electron chi connectivity index (χ1n) is 6.51. The molecule has 20 heavy (non-hydrogen) atoms. The van der Waals surface area contributed by atoms with Crippen LogP contribution in [0.25, 0.3) is 0 Å². The van der Waals surface area contributed by atoms with Crippen molar-refractivity contribution in [2.45, 2.75) is 58.5 Å². The summed E-state index contributed by atoms with van der Waals surface area (Å²) < 4.78 is 38.3. The molecule has 0 N–H and O–H groups in total. The van der Waals surface area contributed by atoms with Gasteiger partial charge in [-0.3, -0.25) is 4.79 Å². The highest BCUT2D eigenvalue weighted by Crippen LogP contribution is 2.34. The smallest absolute Gasteiger partial charge is 0.284 e. The summed E-state index contributed by atoms with van der Waals surface area (Å²) in [4.78, 5) is 11.7. The Hall–Kier alpha value is -1.32. The van der Waals surface area contributed by atoms with Crippen LogP contribution in [0.2, 0.25) is 0 Å². The minimum atomic E-state index is -4.85. The number of rotatable bonds is 1. The van der Waals surface area contributed by atoms with E-state index >= 15 is 0 Å². The standard InChI is InChI=1S/C16H21F3O/c1-14(2,3)10-7-8-12(15(4,5)6)11(9-10)13(20)16(17,18)19/h7-9H,1-6H3. The molecule has 0 unspecified atom stereocenters. The summed E-state index contributed by atoms with van der Waals surface area (Å²) in [7, 11) is 0. The Kier molecular flexibility index (Phi) is 4.10. The van der Waals surface area contributed by atoms with Crippen molar-refractivity contribution in [3.63, 3.8) is 0 Å². The van der Waals surface area contributed by atoms with Crippen LogP contribution in [0.15, 0.2) is 18.2 Å². The van der Waals surface area contributed by atoms with Gasteiger partial charge in [0.1, 0.15) is 0 Å². The van der Waals surface area contributed by atoms with Crippen LogP contribution in [-0.4, -0.2) is 12.0 Å². The number of halogens is 3. The molecule has 0 aliphatic rings. The van der Waals surface area contributed by atoms with Gasteiger partial charge in [-0.2, -0.15) is 13.2 Å². The molecule has 0 aromatic heterocycles. The third-order valence-corrected chi connectivity index (χ3v) is 3.20. The lowest BCUT2D eigenvalue weighted by molar-refractivity contribution is -0.0886. The molecule has 0 atom stereocenters. The highest BCUT2D eigenvalue weighted by molar-refractivity contribution is 6.02. The molecule has 0 heterocycles. The fourth-order valence-corrected chi connectivity index (χ4v) is 2.01. The third-order valence-electron chi connectivity index (χ3n) is 3.20.